The van der Waals surface area contributed by atoms with Gasteiger partial charge in [-0.1, -0.05) is 19.1 Å². The summed E-state index contributed by atoms with van der Waals surface area (Å²) in [6, 6.07) is 12.0. The third-order valence-corrected chi connectivity index (χ3v) is 3.87. The van der Waals surface area contributed by atoms with E-state index >= 15 is 0 Å². The van der Waals surface area contributed by atoms with Gasteiger partial charge in [-0.2, -0.15) is 0 Å². The zero-order valence-electron chi connectivity index (χ0n) is 14.5. The summed E-state index contributed by atoms with van der Waals surface area (Å²) in [6.45, 7) is 3.53. The third kappa shape index (κ3) is 5.12. The molecule has 6 heteroatoms. The number of aromatic nitrogens is 1. The smallest absolute Gasteiger partial charge is 0.254 e. The maximum absolute atomic E-state index is 13.0. The number of aliphatic hydroxyl groups is 1. The lowest BCUT2D eigenvalue weighted by Gasteiger charge is -2.30. The predicted molar refractivity (Wildman–Crippen MR) is 96.0 cm³/mol. The summed E-state index contributed by atoms with van der Waals surface area (Å²) in [7, 11) is 0. The van der Waals surface area contributed by atoms with E-state index in [1.807, 2.05) is 25.1 Å². The van der Waals surface area contributed by atoms with Crippen molar-refractivity contribution < 1.29 is 14.7 Å². The van der Waals surface area contributed by atoms with Gasteiger partial charge in [0.2, 0.25) is 5.91 Å². The lowest BCUT2D eigenvalue weighted by atomic mass is 10.1. The van der Waals surface area contributed by atoms with Crippen molar-refractivity contribution in [2.75, 3.05) is 11.9 Å². The Hall–Kier alpha value is -2.73. The van der Waals surface area contributed by atoms with Crippen LogP contribution in [0.15, 0.2) is 48.7 Å². The minimum atomic E-state index is -0.307. The van der Waals surface area contributed by atoms with Crippen LogP contribution in [0.2, 0.25) is 0 Å². The summed E-state index contributed by atoms with van der Waals surface area (Å²) in [5.41, 5.74) is 1.77. The topological polar surface area (TPSA) is 82.5 Å². The van der Waals surface area contributed by atoms with Crippen LogP contribution >= 0.6 is 0 Å². The van der Waals surface area contributed by atoms with E-state index in [1.54, 1.807) is 35.4 Å². The predicted octanol–water partition coefficient (Wildman–Crippen LogP) is 2.45. The number of benzene rings is 1. The number of hydrogen-bond donors (Lipinski definition) is 2. The van der Waals surface area contributed by atoms with Crippen molar-refractivity contribution in [3.63, 3.8) is 0 Å². The minimum absolute atomic E-state index is 0.125. The molecule has 1 aromatic heterocycles. The second-order valence-electron chi connectivity index (χ2n) is 5.76. The molecule has 2 aromatic rings. The van der Waals surface area contributed by atoms with E-state index in [0.717, 1.165) is 5.69 Å². The van der Waals surface area contributed by atoms with Crippen molar-refractivity contribution in [2.24, 2.45) is 0 Å². The molecule has 0 fully saturated rings. The van der Waals surface area contributed by atoms with Crippen LogP contribution in [0.4, 0.5) is 5.69 Å². The number of aliphatic hydroxyl groups excluding tert-OH is 1. The molecule has 1 aromatic carbocycles. The van der Waals surface area contributed by atoms with Crippen LogP contribution in [0.1, 0.15) is 36.3 Å². The molecule has 2 amide bonds. The zero-order valence-corrected chi connectivity index (χ0v) is 14.5. The molecule has 6 nitrogen and oxygen atoms in total. The van der Waals surface area contributed by atoms with Crippen LogP contribution in [0.25, 0.3) is 0 Å². The monoisotopic (exact) mass is 341 g/mol. The third-order valence-electron chi connectivity index (χ3n) is 3.87. The van der Waals surface area contributed by atoms with Gasteiger partial charge in [0.1, 0.15) is 0 Å². The highest BCUT2D eigenvalue weighted by Gasteiger charge is 2.24. The van der Waals surface area contributed by atoms with Gasteiger partial charge in [0.25, 0.3) is 5.91 Å². The van der Waals surface area contributed by atoms with Crippen LogP contribution in [0.3, 0.4) is 0 Å². The van der Waals surface area contributed by atoms with Crippen LogP contribution < -0.4 is 5.32 Å². The van der Waals surface area contributed by atoms with Crippen molar-refractivity contribution >= 4 is 17.5 Å². The quantitative estimate of drug-likeness (QED) is 0.810. The number of amides is 2. The second kappa shape index (κ2) is 8.94. The fourth-order valence-electron chi connectivity index (χ4n) is 2.58. The average molecular weight is 341 g/mol. The summed E-state index contributed by atoms with van der Waals surface area (Å²) in [4.78, 5) is 30.1. The van der Waals surface area contributed by atoms with Gasteiger partial charge in [0, 0.05) is 24.4 Å². The number of nitrogens with one attached hydrogen (secondary N) is 1. The Kier molecular flexibility index (Phi) is 6.65. The van der Waals surface area contributed by atoms with Gasteiger partial charge in [-0.3, -0.25) is 14.6 Å². The first-order chi connectivity index (χ1) is 12.0. The number of rotatable bonds is 7. The Morgan fingerprint density at radius 2 is 2.04 bits per heavy atom. The van der Waals surface area contributed by atoms with Gasteiger partial charge in [-0.05, 0) is 36.8 Å². The Morgan fingerprint density at radius 1 is 1.24 bits per heavy atom. The van der Waals surface area contributed by atoms with Gasteiger partial charge in [-0.15, -0.1) is 0 Å². The summed E-state index contributed by atoms with van der Waals surface area (Å²) in [6.07, 6.45) is 2.30. The minimum Gasteiger partial charge on any atom is -0.394 e. The highest BCUT2D eigenvalue weighted by molar-refractivity contribution is 5.97. The molecule has 2 rings (SSSR count). The van der Waals surface area contributed by atoms with E-state index in [4.69, 9.17) is 0 Å². The van der Waals surface area contributed by atoms with Crippen LogP contribution in [0, 0.1) is 0 Å². The first kappa shape index (κ1) is 18.6. The van der Waals surface area contributed by atoms with Crippen molar-refractivity contribution in [2.45, 2.75) is 32.9 Å². The Balaban J connectivity index is 2.29. The molecule has 0 unspecified atom stereocenters. The number of anilines is 1. The van der Waals surface area contributed by atoms with Crippen molar-refractivity contribution in [3.8, 4) is 0 Å². The van der Waals surface area contributed by atoms with Crippen LogP contribution in [-0.4, -0.2) is 39.5 Å². The van der Waals surface area contributed by atoms with Gasteiger partial charge >= 0.3 is 0 Å². The number of carbonyl (C=O) groups excluding carboxylic acids is 2. The highest BCUT2D eigenvalue weighted by Crippen LogP contribution is 2.17. The van der Waals surface area contributed by atoms with Crippen molar-refractivity contribution in [3.05, 3.63) is 59.9 Å². The molecule has 0 bridgehead atoms. The van der Waals surface area contributed by atoms with Crippen molar-refractivity contribution in [1.29, 1.82) is 0 Å². The lowest BCUT2D eigenvalue weighted by molar-refractivity contribution is -0.114. The number of hydrogen-bond acceptors (Lipinski definition) is 4. The number of nitrogens with zero attached hydrogens (tertiary/aromatic N) is 2. The molecule has 0 spiro atoms. The molecule has 0 saturated heterocycles. The Morgan fingerprint density at radius 3 is 2.64 bits per heavy atom. The summed E-state index contributed by atoms with van der Waals surface area (Å²) >= 11 is 0. The SMILES string of the molecule is CC[C@@H](CO)N(Cc1ccccn1)C(=O)c1cccc(NC(C)=O)c1. The molecule has 25 heavy (non-hydrogen) atoms. The van der Waals surface area contributed by atoms with Crippen LogP contribution in [0.5, 0.6) is 0 Å². The zero-order chi connectivity index (χ0) is 18.2. The maximum Gasteiger partial charge on any atom is 0.254 e. The van der Waals surface area contributed by atoms with Gasteiger partial charge < -0.3 is 15.3 Å². The maximum atomic E-state index is 13.0. The molecule has 0 aliphatic carbocycles. The molecule has 1 heterocycles. The number of carbonyl (C=O) groups is 2. The van der Waals surface area contributed by atoms with E-state index < -0.39 is 0 Å². The molecule has 132 valence electrons. The van der Waals surface area contributed by atoms with Gasteiger partial charge in [-0.25, -0.2) is 0 Å². The van der Waals surface area contributed by atoms with E-state index in [1.165, 1.54) is 6.92 Å². The molecular formula is C19H23N3O3. The molecule has 0 aliphatic rings. The average Bonchev–Trinajstić information content (AvgIpc) is 2.62. The summed E-state index contributed by atoms with van der Waals surface area (Å²) in [5.74, 6) is -0.407. The lowest BCUT2D eigenvalue weighted by Crippen LogP contribution is -2.41. The molecular weight excluding hydrogens is 318 g/mol. The standard InChI is InChI=1S/C19H23N3O3/c1-3-18(13-23)22(12-17-8-4-5-10-20-17)19(25)15-7-6-9-16(11-15)21-14(2)24/h4-11,18,23H,3,12-13H2,1-2H3,(H,21,24)/t18-/m0/s1. The first-order valence-electron chi connectivity index (χ1n) is 8.24. The molecule has 1 atom stereocenters. The fourth-order valence-corrected chi connectivity index (χ4v) is 2.58. The van der Waals surface area contributed by atoms with Crippen LogP contribution in [-0.2, 0) is 11.3 Å². The van der Waals surface area contributed by atoms with E-state index in [0.29, 0.717) is 24.2 Å². The summed E-state index contributed by atoms with van der Waals surface area (Å²) < 4.78 is 0. The fraction of sp³-hybridized carbons (Fsp3) is 0.316. The van der Waals surface area contributed by atoms with Crippen molar-refractivity contribution in [1.82, 2.24) is 9.88 Å². The normalized spacial score (nSPS) is 11.6. The molecule has 2 N–H and O–H groups in total. The largest absolute Gasteiger partial charge is 0.394 e. The molecule has 0 saturated carbocycles. The molecule has 0 radical (unpaired) electrons. The van der Waals surface area contributed by atoms with Gasteiger partial charge in [0.15, 0.2) is 0 Å². The first-order valence-corrected chi connectivity index (χ1v) is 8.24. The molecule has 0 aliphatic heterocycles. The second-order valence-corrected chi connectivity index (χ2v) is 5.76. The van der Waals surface area contributed by atoms with E-state index in [-0.39, 0.29) is 24.5 Å². The number of pyridine rings is 1. The Bertz CT molecular complexity index is 715. The van der Waals surface area contributed by atoms with Gasteiger partial charge in [0.05, 0.1) is 24.9 Å². The highest BCUT2D eigenvalue weighted by atomic mass is 16.3. The Labute approximate surface area is 147 Å². The van der Waals surface area contributed by atoms with E-state index in [2.05, 4.69) is 10.3 Å². The van der Waals surface area contributed by atoms with E-state index in [9.17, 15) is 14.7 Å². The summed E-state index contributed by atoms with van der Waals surface area (Å²) in [5, 5.41) is 12.3.